The predicted octanol–water partition coefficient (Wildman–Crippen LogP) is 0.510. The number of hydrogen-bond donors (Lipinski definition) is 2. The molecule has 6 nitrogen and oxygen atoms in total. The zero-order valence-corrected chi connectivity index (χ0v) is 11.4. The lowest BCUT2D eigenvalue weighted by molar-refractivity contribution is -0.137. The van der Waals surface area contributed by atoms with Gasteiger partial charge in [0.1, 0.15) is 6.04 Å². The lowest BCUT2D eigenvalue weighted by Crippen LogP contribution is -2.56. The summed E-state index contributed by atoms with van der Waals surface area (Å²) >= 11 is 0. The lowest BCUT2D eigenvalue weighted by atomic mass is 10.2. The van der Waals surface area contributed by atoms with Gasteiger partial charge in [0, 0.05) is 49.2 Å². The zero-order chi connectivity index (χ0) is 13.9. The van der Waals surface area contributed by atoms with Crippen LogP contribution in [0.5, 0.6) is 0 Å². The Kier molecular flexibility index (Phi) is 3.66. The molecule has 2 aromatic rings. The average Bonchev–Trinajstić information content (AvgIpc) is 2.86. The van der Waals surface area contributed by atoms with Gasteiger partial charge < -0.3 is 19.9 Å². The number of hydrogen-bond acceptors (Lipinski definition) is 4. The molecule has 0 spiro atoms. The molecule has 1 aliphatic rings. The average molecular weight is 274 g/mol. The molecule has 1 atom stereocenters. The Morgan fingerprint density at radius 1 is 1.55 bits per heavy atom. The Morgan fingerprint density at radius 2 is 2.45 bits per heavy atom. The molecule has 2 aromatic heterocycles. The van der Waals surface area contributed by atoms with Gasteiger partial charge in [-0.2, -0.15) is 0 Å². The highest BCUT2D eigenvalue weighted by Crippen LogP contribution is 2.16. The first-order valence-electron chi connectivity index (χ1n) is 6.70. The first-order valence-corrected chi connectivity index (χ1v) is 6.70. The fourth-order valence-corrected chi connectivity index (χ4v) is 2.57. The number of methoxy groups -OCH3 is 1. The molecule has 0 aliphatic carbocycles. The van der Waals surface area contributed by atoms with E-state index in [1.165, 1.54) is 0 Å². The second-order valence-corrected chi connectivity index (χ2v) is 4.98. The van der Waals surface area contributed by atoms with Crippen LogP contribution in [0.25, 0.3) is 10.9 Å². The molecular formula is C14H18N4O2. The normalized spacial score (nSPS) is 19.8. The summed E-state index contributed by atoms with van der Waals surface area (Å²) in [6.45, 7) is 2.51. The molecule has 2 N–H and O–H groups in total. The van der Waals surface area contributed by atoms with E-state index >= 15 is 0 Å². The van der Waals surface area contributed by atoms with Crippen molar-refractivity contribution >= 4 is 16.8 Å². The van der Waals surface area contributed by atoms with Crippen molar-refractivity contribution in [2.75, 3.05) is 26.8 Å². The first kappa shape index (κ1) is 13.1. The van der Waals surface area contributed by atoms with Gasteiger partial charge in [0.25, 0.3) is 0 Å². The molecule has 0 radical (unpaired) electrons. The van der Waals surface area contributed by atoms with E-state index in [0.29, 0.717) is 19.7 Å². The van der Waals surface area contributed by atoms with Crippen molar-refractivity contribution in [1.29, 1.82) is 0 Å². The minimum atomic E-state index is -0.236. The smallest absolute Gasteiger partial charge is 0.242 e. The quantitative estimate of drug-likeness (QED) is 0.852. The topological polar surface area (TPSA) is 70.2 Å². The van der Waals surface area contributed by atoms with Crippen molar-refractivity contribution in [3.63, 3.8) is 0 Å². The van der Waals surface area contributed by atoms with Gasteiger partial charge in [-0.05, 0) is 12.1 Å². The van der Waals surface area contributed by atoms with Crippen LogP contribution in [0.1, 0.15) is 5.69 Å². The van der Waals surface area contributed by atoms with Gasteiger partial charge in [0.15, 0.2) is 0 Å². The maximum atomic E-state index is 12.3. The van der Waals surface area contributed by atoms with Crippen molar-refractivity contribution < 1.29 is 9.53 Å². The van der Waals surface area contributed by atoms with E-state index in [2.05, 4.69) is 15.3 Å². The van der Waals surface area contributed by atoms with Gasteiger partial charge in [-0.1, -0.05) is 0 Å². The van der Waals surface area contributed by atoms with Gasteiger partial charge in [-0.3, -0.25) is 9.78 Å². The number of rotatable bonds is 4. The predicted molar refractivity (Wildman–Crippen MR) is 75.2 cm³/mol. The number of piperazine rings is 1. The van der Waals surface area contributed by atoms with E-state index < -0.39 is 0 Å². The lowest BCUT2D eigenvalue weighted by Gasteiger charge is -2.32. The van der Waals surface area contributed by atoms with Crippen molar-refractivity contribution in [2.24, 2.45) is 0 Å². The van der Waals surface area contributed by atoms with Crippen LogP contribution in [-0.4, -0.2) is 53.6 Å². The van der Waals surface area contributed by atoms with Crippen LogP contribution in [0.15, 0.2) is 24.5 Å². The largest absolute Gasteiger partial charge is 0.383 e. The maximum Gasteiger partial charge on any atom is 0.242 e. The first-order chi connectivity index (χ1) is 9.78. The Labute approximate surface area is 117 Å². The summed E-state index contributed by atoms with van der Waals surface area (Å²) in [5.74, 6) is 0.0925. The summed E-state index contributed by atoms with van der Waals surface area (Å²) < 4.78 is 5.07. The fraction of sp³-hybridized carbons (Fsp3) is 0.429. The van der Waals surface area contributed by atoms with Gasteiger partial charge >= 0.3 is 0 Å². The van der Waals surface area contributed by atoms with E-state index in [9.17, 15) is 4.79 Å². The number of nitrogens with one attached hydrogen (secondary N) is 2. The molecule has 0 unspecified atom stereocenters. The van der Waals surface area contributed by atoms with Gasteiger partial charge in [-0.25, -0.2) is 0 Å². The summed E-state index contributed by atoms with van der Waals surface area (Å²) in [4.78, 5) is 21.6. The number of pyridine rings is 1. The minimum Gasteiger partial charge on any atom is -0.383 e. The molecule has 106 valence electrons. The summed E-state index contributed by atoms with van der Waals surface area (Å²) in [5, 5.41) is 4.24. The third-order valence-corrected chi connectivity index (χ3v) is 3.55. The maximum absolute atomic E-state index is 12.3. The van der Waals surface area contributed by atoms with Crippen LogP contribution < -0.4 is 5.32 Å². The van der Waals surface area contributed by atoms with Crippen LogP contribution in [0, 0.1) is 0 Å². The van der Waals surface area contributed by atoms with Gasteiger partial charge in [0.2, 0.25) is 5.91 Å². The third-order valence-electron chi connectivity index (χ3n) is 3.55. The Balaban J connectivity index is 1.74. The second kappa shape index (κ2) is 5.60. The third kappa shape index (κ3) is 2.52. The van der Waals surface area contributed by atoms with Crippen LogP contribution in [-0.2, 0) is 16.1 Å². The van der Waals surface area contributed by atoms with E-state index in [4.69, 9.17) is 4.74 Å². The molecule has 0 saturated carbocycles. The Hall–Kier alpha value is -1.92. The molecule has 1 fully saturated rings. The number of aromatic amines is 1. The van der Waals surface area contributed by atoms with Crippen LogP contribution >= 0.6 is 0 Å². The molecule has 6 heteroatoms. The van der Waals surface area contributed by atoms with E-state index in [0.717, 1.165) is 23.1 Å². The molecule has 0 aromatic carbocycles. The standard InChI is InChI=1S/C14H18N4O2/c1-20-9-13-14(19)18(5-4-16-13)8-11-6-10-7-15-3-2-12(10)17-11/h2-3,6-7,13,16-17H,4-5,8-9H2,1H3/t13-/m0/s1. The summed E-state index contributed by atoms with van der Waals surface area (Å²) in [7, 11) is 1.61. The SMILES string of the molecule is COC[C@@H]1NCCN(Cc2cc3cnccc3[nH]2)C1=O. The Bertz CT molecular complexity index is 575. The summed E-state index contributed by atoms with van der Waals surface area (Å²) in [6.07, 6.45) is 3.58. The number of ether oxygens (including phenoxy) is 1. The monoisotopic (exact) mass is 274 g/mol. The van der Waals surface area contributed by atoms with Crippen molar-refractivity contribution in [3.8, 4) is 0 Å². The fourth-order valence-electron chi connectivity index (χ4n) is 2.57. The highest BCUT2D eigenvalue weighted by Gasteiger charge is 2.28. The number of carbonyl (C=O) groups is 1. The molecule has 1 amide bonds. The summed E-state index contributed by atoms with van der Waals surface area (Å²) in [6, 6.07) is 3.74. The molecule has 0 bridgehead atoms. The van der Waals surface area contributed by atoms with Crippen molar-refractivity contribution in [2.45, 2.75) is 12.6 Å². The molecule has 20 heavy (non-hydrogen) atoms. The van der Waals surface area contributed by atoms with E-state index in [1.807, 2.05) is 23.2 Å². The number of amides is 1. The minimum absolute atomic E-state index is 0.0925. The highest BCUT2D eigenvalue weighted by atomic mass is 16.5. The molecule has 3 heterocycles. The van der Waals surface area contributed by atoms with Gasteiger partial charge in [0.05, 0.1) is 13.2 Å². The molecular weight excluding hydrogens is 256 g/mol. The molecule has 3 rings (SSSR count). The van der Waals surface area contributed by atoms with Crippen LogP contribution in [0.2, 0.25) is 0 Å². The van der Waals surface area contributed by atoms with E-state index in [-0.39, 0.29) is 11.9 Å². The number of nitrogens with zero attached hydrogens (tertiary/aromatic N) is 2. The zero-order valence-electron chi connectivity index (χ0n) is 11.4. The van der Waals surface area contributed by atoms with Crippen LogP contribution in [0.4, 0.5) is 0 Å². The van der Waals surface area contributed by atoms with Gasteiger partial charge in [-0.15, -0.1) is 0 Å². The molecule has 1 saturated heterocycles. The van der Waals surface area contributed by atoms with Crippen molar-refractivity contribution in [3.05, 3.63) is 30.2 Å². The second-order valence-electron chi connectivity index (χ2n) is 4.98. The Morgan fingerprint density at radius 3 is 3.25 bits per heavy atom. The highest BCUT2D eigenvalue weighted by molar-refractivity contribution is 5.83. The summed E-state index contributed by atoms with van der Waals surface area (Å²) in [5.41, 5.74) is 2.07. The van der Waals surface area contributed by atoms with Crippen LogP contribution in [0.3, 0.4) is 0 Å². The molecule has 1 aliphatic heterocycles. The van der Waals surface area contributed by atoms with Crippen molar-refractivity contribution in [1.82, 2.24) is 20.2 Å². The number of fused-ring (bicyclic) bond motifs is 1. The van der Waals surface area contributed by atoms with E-state index in [1.54, 1.807) is 13.3 Å². The number of carbonyl (C=O) groups excluding carboxylic acids is 1. The number of H-pyrrole nitrogens is 1. The number of aromatic nitrogens is 2.